The van der Waals surface area contributed by atoms with Crippen molar-refractivity contribution in [1.82, 2.24) is 9.97 Å². The van der Waals surface area contributed by atoms with Gasteiger partial charge in [-0.3, -0.25) is 9.97 Å². The fraction of sp³-hybridized carbons (Fsp3) is 0.111. The largest absolute Gasteiger partial charge is 0.416 e. The van der Waals surface area contributed by atoms with Crippen LogP contribution in [0.15, 0.2) is 110 Å². The second kappa shape index (κ2) is 11.0. The normalized spacial score (nSPS) is 13.3. The summed E-state index contributed by atoms with van der Waals surface area (Å²) in [5.74, 6) is 12.5. The van der Waals surface area contributed by atoms with Crippen molar-refractivity contribution in [1.29, 1.82) is 0 Å². The Balaban J connectivity index is 1.53. The van der Waals surface area contributed by atoms with E-state index in [0.717, 1.165) is 34.4 Å². The van der Waals surface area contributed by atoms with Crippen molar-refractivity contribution in [2.45, 2.75) is 24.6 Å². The Bertz CT molecular complexity index is 1770. The van der Waals surface area contributed by atoms with E-state index < -0.39 is 17.3 Å². The number of alkyl halides is 3. The summed E-state index contributed by atoms with van der Waals surface area (Å²) in [5.41, 5.74) is 3.56. The molecule has 1 N–H and O–H groups in total. The number of hydrogen-bond donors (Lipinski definition) is 1. The summed E-state index contributed by atoms with van der Waals surface area (Å²) in [7, 11) is 0. The van der Waals surface area contributed by atoms with Crippen molar-refractivity contribution >= 4 is 0 Å². The zero-order valence-electron chi connectivity index (χ0n) is 22.3. The standard InChI is InChI=1S/C36H23F3N2O/c37-36(38,39)32-17-15-31(16-18-32)35(42)33-21-25(5-7-27-3-1-19-40-23-27)9-11-29(33)13-14-30-12-10-26(22-34(30)35)6-8-28-4-2-20-41-24-28/h1-4,9-12,15-24,42H,13-14H2. The second-order valence-electron chi connectivity index (χ2n) is 10.0. The monoisotopic (exact) mass is 556 g/mol. The minimum absolute atomic E-state index is 0.328. The van der Waals surface area contributed by atoms with Crippen LogP contribution < -0.4 is 0 Å². The number of benzene rings is 3. The van der Waals surface area contributed by atoms with Crippen molar-refractivity contribution in [3.63, 3.8) is 0 Å². The maximum absolute atomic E-state index is 13.5. The molecule has 0 radical (unpaired) electrons. The molecule has 3 nitrogen and oxygen atoms in total. The minimum atomic E-state index is -4.50. The topological polar surface area (TPSA) is 46.0 Å². The molecule has 0 saturated heterocycles. The molecule has 1 aliphatic carbocycles. The predicted molar refractivity (Wildman–Crippen MR) is 154 cm³/mol. The molecule has 0 aliphatic heterocycles. The van der Waals surface area contributed by atoms with E-state index in [9.17, 15) is 18.3 Å². The lowest BCUT2D eigenvalue weighted by atomic mass is 9.77. The van der Waals surface area contributed by atoms with Gasteiger partial charge in [0.25, 0.3) is 0 Å². The van der Waals surface area contributed by atoms with Gasteiger partial charge in [-0.2, -0.15) is 13.2 Å². The van der Waals surface area contributed by atoms with E-state index in [0.29, 0.717) is 40.7 Å². The fourth-order valence-electron chi connectivity index (χ4n) is 5.21. The first kappa shape index (κ1) is 27.0. The second-order valence-corrected chi connectivity index (χ2v) is 10.0. The van der Waals surface area contributed by atoms with Crippen LogP contribution >= 0.6 is 0 Å². The van der Waals surface area contributed by atoms with Crippen molar-refractivity contribution in [3.05, 3.63) is 165 Å². The van der Waals surface area contributed by atoms with Gasteiger partial charge in [-0.25, -0.2) is 0 Å². The van der Waals surface area contributed by atoms with Gasteiger partial charge < -0.3 is 5.11 Å². The molecule has 0 bridgehead atoms. The number of fused-ring (bicyclic) bond motifs is 2. The van der Waals surface area contributed by atoms with Gasteiger partial charge in [0.1, 0.15) is 5.60 Å². The Kier molecular flexibility index (Phi) is 7.08. The summed E-state index contributed by atoms with van der Waals surface area (Å²) in [6.45, 7) is 0. The average Bonchev–Trinajstić information content (AvgIpc) is 3.14. The fourth-order valence-corrected chi connectivity index (χ4v) is 5.21. The molecule has 0 fully saturated rings. The van der Waals surface area contributed by atoms with Crippen LogP contribution in [-0.2, 0) is 24.6 Å². The Hall–Kier alpha value is -5.17. The van der Waals surface area contributed by atoms with Gasteiger partial charge in [0, 0.05) is 47.0 Å². The van der Waals surface area contributed by atoms with Gasteiger partial charge in [0.15, 0.2) is 0 Å². The lowest BCUT2D eigenvalue weighted by Crippen LogP contribution is -2.30. The molecular weight excluding hydrogens is 533 g/mol. The maximum atomic E-state index is 13.5. The van der Waals surface area contributed by atoms with Crippen LogP contribution in [0.2, 0.25) is 0 Å². The van der Waals surface area contributed by atoms with Gasteiger partial charge in [-0.15, -0.1) is 0 Å². The number of pyridine rings is 2. The highest BCUT2D eigenvalue weighted by Gasteiger charge is 2.40. The molecule has 2 aromatic heterocycles. The first-order valence-electron chi connectivity index (χ1n) is 13.3. The molecule has 6 heteroatoms. The van der Waals surface area contributed by atoms with Crippen molar-refractivity contribution in [2.75, 3.05) is 0 Å². The van der Waals surface area contributed by atoms with Gasteiger partial charge in [0.2, 0.25) is 0 Å². The van der Waals surface area contributed by atoms with E-state index in [-0.39, 0.29) is 0 Å². The molecule has 6 rings (SSSR count). The summed E-state index contributed by atoms with van der Waals surface area (Å²) < 4.78 is 40.4. The van der Waals surface area contributed by atoms with Crippen LogP contribution in [0.4, 0.5) is 13.2 Å². The van der Waals surface area contributed by atoms with E-state index in [2.05, 4.69) is 33.6 Å². The van der Waals surface area contributed by atoms with E-state index in [4.69, 9.17) is 0 Å². The molecule has 204 valence electrons. The van der Waals surface area contributed by atoms with Gasteiger partial charge in [-0.05, 0) is 101 Å². The summed E-state index contributed by atoms with van der Waals surface area (Å²) in [6.07, 6.45) is 3.46. The average molecular weight is 557 g/mol. The van der Waals surface area contributed by atoms with E-state index >= 15 is 0 Å². The van der Waals surface area contributed by atoms with E-state index in [1.807, 2.05) is 48.5 Å². The van der Waals surface area contributed by atoms with Crippen molar-refractivity contribution < 1.29 is 18.3 Å². The third-order valence-corrected chi connectivity index (χ3v) is 7.32. The van der Waals surface area contributed by atoms with Crippen LogP contribution in [-0.4, -0.2) is 15.1 Å². The summed E-state index contributed by atoms with van der Waals surface area (Å²) in [6, 6.07) is 23.4. The molecule has 0 spiro atoms. The molecule has 42 heavy (non-hydrogen) atoms. The number of aromatic nitrogens is 2. The Morgan fingerprint density at radius 3 is 1.52 bits per heavy atom. The lowest BCUT2D eigenvalue weighted by molar-refractivity contribution is -0.137. The number of aryl methyl sites for hydroxylation is 2. The minimum Gasteiger partial charge on any atom is -0.376 e. The third-order valence-electron chi connectivity index (χ3n) is 7.32. The Morgan fingerprint density at radius 1 is 0.619 bits per heavy atom. The molecule has 0 unspecified atom stereocenters. The Labute approximate surface area is 241 Å². The van der Waals surface area contributed by atoms with Gasteiger partial charge in [0.05, 0.1) is 5.56 Å². The van der Waals surface area contributed by atoms with Crippen LogP contribution in [0.3, 0.4) is 0 Å². The summed E-state index contributed by atoms with van der Waals surface area (Å²) in [5, 5.41) is 12.7. The van der Waals surface area contributed by atoms with Crippen molar-refractivity contribution in [2.24, 2.45) is 0 Å². The molecular formula is C36H23F3N2O. The smallest absolute Gasteiger partial charge is 0.376 e. The molecule has 0 saturated carbocycles. The maximum Gasteiger partial charge on any atom is 0.416 e. The summed E-state index contributed by atoms with van der Waals surface area (Å²) >= 11 is 0. The molecule has 0 amide bonds. The highest BCUT2D eigenvalue weighted by Crippen LogP contribution is 2.44. The van der Waals surface area contributed by atoms with Crippen LogP contribution in [0.25, 0.3) is 0 Å². The zero-order valence-corrected chi connectivity index (χ0v) is 22.3. The first-order chi connectivity index (χ1) is 20.3. The number of aliphatic hydroxyl groups is 1. The van der Waals surface area contributed by atoms with Gasteiger partial charge >= 0.3 is 6.18 Å². The molecule has 2 heterocycles. The number of nitrogens with zero attached hydrogens (tertiary/aromatic N) is 2. The highest BCUT2D eigenvalue weighted by molar-refractivity contribution is 5.59. The Morgan fingerprint density at radius 2 is 1.10 bits per heavy atom. The van der Waals surface area contributed by atoms with E-state index in [1.54, 1.807) is 36.9 Å². The van der Waals surface area contributed by atoms with Gasteiger partial charge in [-0.1, -0.05) is 47.9 Å². The number of halogens is 3. The molecule has 0 atom stereocenters. The first-order valence-corrected chi connectivity index (χ1v) is 13.3. The number of hydrogen-bond acceptors (Lipinski definition) is 3. The lowest BCUT2D eigenvalue weighted by Gasteiger charge is -2.32. The molecule has 5 aromatic rings. The van der Waals surface area contributed by atoms with Crippen molar-refractivity contribution in [3.8, 4) is 23.7 Å². The number of rotatable bonds is 1. The summed E-state index contributed by atoms with van der Waals surface area (Å²) in [4.78, 5) is 8.19. The molecule has 3 aromatic carbocycles. The highest BCUT2D eigenvalue weighted by atomic mass is 19.4. The predicted octanol–water partition coefficient (Wildman–Crippen LogP) is 6.68. The van der Waals surface area contributed by atoms with Crippen LogP contribution in [0.1, 0.15) is 55.6 Å². The molecule has 1 aliphatic rings. The quantitative estimate of drug-likeness (QED) is 0.235. The van der Waals surface area contributed by atoms with Crippen LogP contribution in [0.5, 0.6) is 0 Å². The van der Waals surface area contributed by atoms with E-state index in [1.165, 1.54) is 12.1 Å². The van der Waals surface area contributed by atoms with Crippen LogP contribution in [0, 0.1) is 23.7 Å². The third kappa shape index (κ3) is 5.41. The zero-order chi connectivity index (χ0) is 29.2. The SMILES string of the molecule is OC1(c2ccc(C(F)(F)F)cc2)c2cc(C#Cc3cccnc3)ccc2CCc2ccc(C#Cc3cccnc3)cc21.